The van der Waals surface area contributed by atoms with Gasteiger partial charge in [0.25, 0.3) is 0 Å². The largest absolute Gasteiger partial charge is 0.478 e. The molecular weight excluding hydrogens is 166 g/mol. The van der Waals surface area contributed by atoms with Crippen molar-refractivity contribution < 1.29 is 9.90 Å². The Balaban J connectivity index is 3.35. The van der Waals surface area contributed by atoms with Gasteiger partial charge >= 0.3 is 5.97 Å². The summed E-state index contributed by atoms with van der Waals surface area (Å²) in [5.41, 5.74) is 0.691. The summed E-state index contributed by atoms with van der Waals surface area (Å²) in [5.74, 6) is 1.19. The summed E-state index contributed by atoms with van der Waals surface area (Å²) in [4.78, 5) is 10.6. The summed E-state index contributed by atoms with van der Waals surface area (Å²) < 4.78 is 0. The first-order chi connectivity index (χ1) is 6.17. The van der Waals surface area contributed by atoms with Crippen LogP contribution in [0, 0.1) is 23.7 Å². The van der Waals surface area contributed by atoms with Crippen LogP contribution in [0.3, 0.4) is 0 Å². The molecule has 62 valence electrons. The van der Waals surface area contributed by atoms with Crippen LogP contribution in [0.15, 0.2) is 18.2 Å². The summed E-state index contributed by atoms with van der Waals surface area (Å²) in [5, 5.41) is 17.2. The van der Waals surface area contributed by atoms with E-state index in [2.05, 4.69) is 5.92 Å². The molecule has 1 aromatic carbocycles. The number of hydrogen-bond donors (Lipinski definition) is 1. The number of carbonyl (C=O) groups is 1. The highest BCUT2D eigenvalue weighted by molar-refractivity contribution is 5.88. The van der Waals surface area contributed by atoms with Gasteiger partial charge in [-0.1, -0.05) is 5.92 Å². The molecule has 0 saturated carbocycles. The fraction of sp³-hybridized carbons (Fsp3) is 0. The van der Waals surface area contributed by atoms with E-state index in [4.69, 9.17) is 16.8 Å². The molecular formula is C10H5NO2. The fourth-order valence-electron chi connectivity index (χ4n) is 0.899. The average molecular weight is 171 g/mol. The lowest BCUT2D eigenvalue weighted by Crippen LogP contribution is -1.97. The molecule has 0 aliphatic carbocycles. The summed E-state index contributed by atoms with van der Waals surface area (Å²) in [7, 11) is 0. The maximum atomic E-state index is 10.6. The van der Waals surface area contributed by atoms with Crippen LogP contribution in [-0.2, 0) is 0 Å². The Morgan fingerprint density at radius 2 is 2.00 bits per heavy atom. The number of nitriles is 1. The molecule has 1 aromatic rings. The van der Waals surface area contributed by atoms with Crippen LogP contribution in [0.1, 0.15) is 21.5 Å². The van der Waals surface area contributed by atoms with E-state index in [1.165, 1.54) is 18.2 Å². The zero-order valence-electron chi connectivity index (χ0n) is 6.61. The molecule has 0 saturated heterocycles. The van der Waals surface area contributed by atoms with Crippen LogP contribution in [0.4, 0.5) is 0 Å². The molecule has 0 amide bonds. The molecule has 0 radical (unpaired) electrons. The Labute approximate surface area is 75.2 Å². The van der Waals surface area contributed by atoms with Gasteiger partial charge in [0, 0.05) is 5.56 Å². The molecule has 0 unspecified atom stereocenters. The van der Waals surface area contributed by atoms with Crippen molar-refractivity contribution in [3.8, 4) is 18.4 Å². The van der Waals surface area contributed by atoms with Crippen molar-refractivity contribution in [2.75, 3.05) is 0 Å². The quantitative estimate of drug-likeness (QED) is 0.646. The van der Waals surface area contributed by atoms with Gasteiger partial charge in [-0.2, -0.15) is 5.26 Å². The number of rotatable bonds is 1. The molecule has 0 atom stereocenters. The summed E-state index contributed by atoms with van der Waals surface area (Å²) >= 11 is 0. The van der Waals surface area contributed by atoms with Crippen LogP contribution >= 0.6 is 0 Å². The summed E-state index contributed by atoms with van der Waals surface area (Å²) in [6.45, 7) is 0. The van der Waals surface area contributed by atoms with Gasteiger partial charge in [0.05, 0.1) is 17.2 Å². The number of carboxylic acid groups (broad SMARTS) is 1. The third kappa shape index (κ3) is 1.85. The molecule has 0 aliphatic heterocycles. The van der Waals surface area contributed by atoms with Crippen LogP contribution in [0.25, 0.3) is 0 Å². The van der Waals surface area contributed by atoms with Crippen LogP contribution in [-0.4, -0.2) is 11.1 Å². The zero-order chi connectivity index (χ0) is 9.84. The Morgan fingerprint density at radius 3 is 2.46 bits per heavy atom. The number of terminal acetylenes is 1. The van der Waals surface area contributed by atoms with Gasteiger partial charge in [0.2, 0.25) is 0 Å². The van der Waals surface area contributed by atoms with E-state index in [9.17, 15) is 4.79 Å². The number of hydrogen-bond acceptors (Lipinski definition) is 2. The molecule has 3 heteroatoms. The van der Waals surface area contributed by atoms with Crippen LogP contribution in [0.5, 0.6) is 0 Å². The standard InChI is InChI=1S/C10H5NO2/c1-2-7-3-8(6-11)5-9(4-7)10(12)13/h1,3-5H,(H,12,13). The minimum Gasteiger partial charge on any atom is -0.478 e. The summed E-state index contributed by atoms with van der Waals surface area (Å²) in [6.07, 6.45) is 5.09. The van der Waals surface area contributed by atoms with Crippen molar-refractivity contribution in [2.45, 2.75) is 0 Å². The van der Waals surface area contributed by atoms with Gasteiger partial charge in [-0.05, 0) is 18.2 Å². The van der Waals surface area contributed by atoms with E-state index in [1.807, 2.05) is 6.07 Å². The lowest BCUT2D eigenvalue weighted by atomic mass is 10.1. The van der Waals surface area contributed by atoms with Crippen molar-refractivity contribution in [1.82, 2.24) is 0 Å². The minimum absolute atomic E-state index is 0.0343. The highest BCUT2D eigenvalue weighted by Gasteiger charge is 2.05. The van der Waals surface area contributed by atoms with Gasteiger partial charge in [0.1, 0.15) is 0 Å². The Bertz CT molecular complexity index is 403. The molecule has 0 spiro atoms. The van der Waals surface area contributed by atoms with Gasteiger partial charge in [-0.15, -0.1) is 6.42 Å². The third-order valence-corrected chi connectivity index (χ3v) is 1.48. The number of carboxylic acids is 1. The third-order valence-electron chi connectivity index (χ3n) is 1.48. The van der Waals surface area contributed by atoms with Crippen molar-refractivity contribution in [2.24, 2.45) is 0 Å². The predicted molar refractivity (Wildman–Crippen MR) is 46.1 cm³/mol. The predicted octanol–water partition coefficient (Wildman–Crippen LogP) is 1.24. The van der Waals surface area contributed by atoms with E-state index < -0.39 is 5.97 Å². The highest BCUT2D eigenvalue weighted by Crippen LogP contribution is 2.08. The fourth-order valence-corrected chi connectivity index (χ4v) is 0.899. The molecule has 3 nitrogen and oxygen atoms in total. The molecule has 0 heterocycles. The average Bonchev–Trinajstić information content (AvgIpc) is 2.16. The molecule has 0 fully saturated rings. The number of aromatic carboxylic acids is 1. The van der Waals surface area contributed by atoms with Crippen molar-refractivity contribution >= 4 is 5.97 Å². The maximum absolute atomic E-state index is 10.6. The Kier molecular flexibility index (Phi) is 2.33. The van der Waals surface area contributed by atoms with Crippen molar-refractivity contribution in [3.63, 3.8) is 0 Å². The Morgan fingerprint density at radius 1 is 1.38 bits per heavy atom. The van der Waals surface area contributed by atoms with Gasteiger partial charge in [-0.3, -0.25) is 0 Å². The number of benzene rings is 1. The lowest BCUT2D eigenvalue weighted by Gasteiger charge is -1.96. The number of nitrogens with zero attached hydrogens (tertiary/aromatic N) is 1. The van der Waals surface area contributed by atoms with Crippen molar-refractivity contribution in [3.05, 3.63) is 34.9 Å². The second kappa shape index (κ2) is 3.42. The lowest BCUT2D eigenvalue weighted by molar-refractivity contribution is 0.0697. The SMILES string of the molecule is C#Cc1cc(C#N)cc(C(=O)O)c1. The molecule has 1 rings (SSSR count). The monoisotopic (exact) mass is 171 g/mol. The Hall–Kier alpha value is -2.26. The van der Waals surface area contributed by atoms with Gasteiger partial charge in [-0.25, -0.2) is 4.79 Å². The van der Waals surface area contributed by atoms with Gasteiger partial charge < -0.3 is 5.11 Å². The first-order valence-corrected chi connectivity index (χ1v) is 3.42. The topological polar surface area (TPSA) is 61.1 Å². The van der Waals surface area contributed by atoms with E-state index >= 15 is 0 Å². The zero-order valence-corrected chi connectivity index (χ0v) is 6.61. The summed E-state index contributed by atoms with van der Waals surface area (Å²) in [6, 6.07) is 5.93. The smallest absolute Gasteiger partial charge is 0.335 e. The first-order valence-electron chi connectivity index (χ1n) is 3.42. The van der Waals surface area contributed by atoms with Crippen molar-refractivity contribution in [1.29, 1.82) is 5.26 Å². The van der Waals surface area contributed by atoms with E-state index in [1.54, 1.807) is 0 Å². The van der Waals surface area contributed by atoms with Crippen LogP contribution in [0.2, 0.25) is 0 Å². The maximum Gasteiger partial charge on any atom is 0.335 e. The molecule has 13 heavy (non-hydrogen) atoms. The van der Waals surface area contributed by atoms with E-state index in [0.29, 0.717) is 5.56 Å². The van der Waals surface area contributed by atoms with E-state index in [0.717, 1.165) is 0 Å². The molecule has 0 bridgehead atoms. The minimum atomic E-state index is -1.09. The van der Waals surface area contributed by atoms with Crippen LogP contribution < -0.4 is 0 Å². The molecule has 1 N–H and O–H groups in total. The molecule has 0 aromatic heterocycles. The second-order valence-electron chi connectivity index (χ2n) is 2.36. The van der Waals surface area contributed by atoms with E-state index in [-0.39, 0.29) is 11.1 Å². The normalized spacial score (nSPS) is 8.46. The van der Waals surface area contributed by atoms with Gasteiger partial charge in [0.15, 0.2) is 0 Å². The highest BCUT2D eigenvalue weighted by atomic mass is 16.4. The molecule has 0 aliphatic rings. The second-order valence-corrected chi connectivity index (χ2v) is 2.36. The first kappa shape index (κ1) is 8.83.